The van der Waals surface area contributed by atoms with E-state index in [0.717, 1.165) is 32.2 Å². The summed E-state index contributed by atoms with van der Waals surface area (Å²) >= 11 is 0. The molecule has 1 aliphatic rings. The van der Waals surface area contributed by atoms with Crippen LogP contribution in [0.25, 0.3) is 11.1 Å². The zero-order valence-electron chi connectivity index (χ0n) is 15.5. The number of nitrogens with one attached hydrogen (secondary N) is 1. The van der Waals surface area contributed by atoms with Crippen LogP contribution in [0.5, 0.6) is 0 Å². The molecule has 5 heteroatoms. The van der Waals surface area contributed by atoms with Gasteiger partial charge in [-0.05, 0) is 73.1 Å². The van der Waals surface area contributed by atoms with Gasteiger partial charge in [0.05, 0.1) is 0 Å². The molecular formula is C21H27N3O2. The van der Waals surface area contributed by atoms with E-state index in [9.17, 15) is 4.79 Å². The van der Waals surface area contributed by atoms with Crippen molar-refractivity contribution in [2.24, 2.45) is 0 Å². The van der Waals surface area contributed by atoms with Crippen LogP contribution in [0.4, 0.5) is 4.79 Å². The van der Waals surface area contributed by atoms with Gasteiger partial charge in [0.25, 0.3) is 0 Å². The van der Waals surface area contributed by atoms with Crippen LogP contribution in [-0.4, -0.2) is 40.2 Å². The molecule has 1 saturated carbocycles. The minimum absolute atomic E-state index is 0.155. The highest BCUT2D eigenvalue weighted by Crippen LogP contribution is 2.24. The fourth-order valence-corrected chi connectivity index (χ4v) is 3.66. The number of rotatable bonds is 5. The van der Waals surface area contributed by atoms with E-state index in [0.29, 0.717) is 6.04 Å². The molecule has 5 nitrogen and oxygen atoms in total. The van der Waals surface area contributed by atoms with E-state index >= 15 is 0 Å². The highest BCUT2D eigenvalue weighted by atomic mass is 16.4. The van der Waals surface area contributed by atoms with Crippen LogP contribution in [0.1, 0.15) is 36.8 Å². The Balaban J connectivity index is 1.58. The highest BCUT2D eigenvalue weighted by Gasteiger charge is 2.26. The second-order valence-electron chi connectivity index (χ2n) is 7.16. The molecule has 1 aliphatic carbocycles. The van der Waals surface area contributed by atoms with E-state index in [2.05, 4.69) is 35.4 Å². The summed E-state index contributed by atoms with van der Waals surface area (Å²) in [5.41, 5.74) is 4.98. The Bertz CT molecular complexity index is 740. The lowest BCUT2D eigenvalue weighted by atomic mass is 9.90. The van der Waals surface area contributed by atoms with Gasteiger partial charge in [-0.25, -0.2) is 4.79 Å². The second kappa shape index (κ2) is 8.32. The number of pyridine rings is 1. The molecule has 0 aliphatic heterocycles. The van der Waals surface area contributed by atoms with Crippen molar-refractivity contribution in [3.8, 4) is 11.1 Å². The summed E-state index contributed by atoms with van der Waals surface area (Å²) < 4.78 is 0. The molecule has 1 aromatic heterocycles. The molecule has 0 radical (unpaired) electrons. The lowest BCUT2D eigenvalue weighted by Gasteiger charge is -2.33. The first kappa shape index (κ1) is 18.4. The van der Waals surface area contributed by atoms with Crippen molar-refractivity contribution in [1.29, 1.82) is 0 Å². The molecule has 0 spiro atoms. The molecule has 1 amide bonds. The van der Waals surface area contributed by atoms with E-state index in [4.69, 9.17) is 5.11 Å². The monoisotopic (exact) mass is 353 g/mol. The van der Waals surface area contributed by atoms with E-state index in [1.165, 1.54) is 27.2 Å². The molecule has 0 saturated heterocycles. The largest absolute Gasteiger partial charge is 0.465 e. The van der Waals surface area contributed by atoms with Crippen LogP contribution < -0.4 is 5.32 Å². The summed E-state index contributed by atoms with van der Waals surface area (Å²) in [7, 11) is 1.68. The number of carbonyl (C=O) groups is 1. The van der Waals surface area contributed by atoms with Crippen LogP contribution >= 0.6 is 0 Å². The zero-order chi connectivity index (χ0) is 18.5. The number of hydrogen-bond donors (Lipinski definition) is 2. The fourth-order valence-electron chi connectivity index (χ4n) is 3.66. The molecule has 26 heavy (non-hydrogen) atoms. The van der Waals surface area contributed by atoms with Crippen LogP contribution in [0.2, 0.25) is 0 Å². The molecule has 2 aromatic rings. The van der Waals surface area contributed by atoms with Gasteiger partial charge in [0, 0.05) is 38.1 Å². The number of carboxylic acid groups (broad SMARTS) is 1. The van der Waals surface area contributed by atoms with Gasteiger partial charge in [-0.2, -0.15) is 0 Å². The third-order valence-corrected chi connectivity index (χ3v) is 5.49. The van der Waals surface area contributed by atoms with Crippen molar-refractivity contribution in [3.05, 3.63) is 53.9 Å². The van der Waals surface area contributed by atoms with Gasteiger partial charge in [-0.1, -0.05) is 12.1 Å². The summed E-state index contributed by atoms with van der Waals surface area (Å²) in [4.78, 5) is 16.6. The van der Waals surface area contributed by atoms with Crippen LogP contribution in [0.15, 0.2) is 42.7 Å². The Hall–Kier alpha value is -2.40. The molecule has 1 aromatic carbocycles. The number of amides is 1. The maximum atomic E-state index is 11.1. The molecule has 0 atom stereocenters. The molecule has 2 N–H and O–H groups in total. The third kappa shape index (κ3) is 4.41. The minimum atomic E-state index is -0.829. The molecule has 3 rings (SSSR count). The number of nitrogens with zero attached hydrogens (tertiary/aromatic N) is 2. The normalized spacial score (nSPS) is 19.9. The van der Waals surface area contributed by atoms with Gasteiger partial charge < -0.3 is 15.3 Å². The number of aromatic nitrogens is 1. The Morgan fingerprint density at radius 1 is 1.15 bits per heavy atom. The van der Waals surface area contributed by atoms with E-state index in [-0.39, 0.29) is 6.04 Å². The molecule has 1 fully saturated rings. The first-order valence-corrected chi connectivity index (χ1v) is 9.23. The molecule has 0 unspecified atom stereocenters. The first-order valence-electron chi connectivity index (χ1n) is 9.23. The SMILES string of the molecule is Cc1ccc(-c2ccncc2)cc1CNC1CCC(N(C)C(=O)O)CC1. The molecular weight excluding hydrogens is 326 g/mol. The van der Waals surface area contributed by atoms with E-state index in [1.807, 2.05) is 24.5 Å². The minimum Gasteiger partial charge on any atom is -0.465 e. The van der Waals surface area contributed by atoms with Gasteiger partial charge in [0.15, 0.2) is 0 Å². The van der Waals surface area contributed by atoms with Crippen molar-refractivity contribution in [2.75, 3.05) is 7.05 Å². The quantitative estimate of drug-likeness (QED) is 0.850. The first-order chi connectivity index (χ1) is 12.5. The summed E-state index contributed by atoms with van der Waals surface area (Å²) in [5, 5.41) is 12.8. The van der Waals surface area contributed by atoms with Gasteiger partial charge >= 0.3 is 6.09 Å². The summed E-state index contributed by atoms with van der Waals surface area (Å²) in [6.07, 6.45) is 6.70. The van der Waals surface area contributed by atoms with Gasteiger partial charge in [0.2, 0.25) is 0 Å². The molecule has 0 bridgehead atoms. The zero-order valence-corrected chi connectivity index (χ0v) is 15.5. The van der Waals surface area contributed by atoms with Crippen molar-refractivity contribution in [3.63, 3.8) is 0 Å². The second-order valence-corrected chi connectivity index (χ2v) is 7.16. The predicted molar refractivity (Wildman–Crippen MR) is 103 cm³/mol. The molecule has 138 valence electrons. The standard InChI is InChI=1S/C21H27N3O2/c1-15-3-4-17(16-9-11-22-12-10-16)13-18(15)14-23-19-5-7-20(8-6-19)24(2)21(25)26/h3-4,9-13,19-20,23H,5-8,14H2,1-2H3,(H,25,26). The number of aryl methyl sites for hydroxylation is 1. The topological polar surface area (TPSA) is 65.5 Å². The average Bonchev–Trinajstić information content (AvgIpc) is 2.68. The smallest absolute Gasteiger partial charge is 0.407 e. The lowest BCUT2D eigenvalue weighted by Crippen LogP contribution is -2.42. The summed E-state index contributed by atoms with van der Waals surface area (Å²) in [5.74, 6) is 0. The van der Waals surface area contributed by atoms with Crippen LogP contribution in [-0.2, 0) is 6.54 Å². The van der Waals surface area contributed by atoms with Crippen LogP contribution in [0, 0.1) is 6.92 Å². The van der Waals surface area contributed by atoms with Crippen molar-refractivity contribution in [2.45, 2.75) is 51.2 Å². The Kier molecular flexibility index (Phi) is 5.89. The van der Waals surface area contributed by atoms with E-state index < -0.39 is 6.09 Å². The third-order valence-electron chi connectivity index (χ3n) is 5.49. The lowest BCUT2D eigenvalue weighted by molar-refractivity contribution is 0.122. The Morgan fingerprint density at radius 3 is 2.50 bits per heavy atom. The summed E-state index contributed by atoms with van der Waals surface area (Å²) in [6.45, 7) is 2.99. The van der Waals surface area contributed by atoms with Crippen molar-refractivity contribution in [1.82, 2.24) is 15.2 Å². The fraction of sp³-hybridized carbons (Fsp3) is 0.429. The number of benzene rings is 1. The average molecular weight is 353 g/mol. The van der Waals surface area contributed by atoms with Crippen LogP contribution in [0.3, 0.4) is 0 Å². The van der Waals surface area contributed by atoms with Gasteiger partial charge in [-0.15, -0.1) is 0 Å². The summed E-state index contributed by atoms with van der Waals surface area (Å²) in [6, 6.07) is 11.2. The predicted octanol–water partition coefficient (Wildman–Crippen LogP) is 4.07. The Morgan fingerprint density at radius 2 is 1.85 bits per heavy atom. The maximum Gasteiger partial charge on any atom is 0.407 e. The van der Waals surface area contributed by atoms with E-state index in [1.54, 1.807) is 7.05 Å². The highest BCUT2D eigenvalue weighted by molar-refractivity contribution is 5.65. The van der Waals surface area contributed by atoms with Gasteiger partial charge in [0.1, 0.15) is 0 Å². The molecule has 1 heterocycles. The Labute approximate surface area is 155 Å². The number of hydrogen-bond acceptors (Lipinski definition) is 3. The van der Waals surface area contributed by atoms with Gasteiger partial charge in [-0.3, -0.25) is 4.98 Å². The van der Waals surface area contributed by atoms with Crippen molar-refractivity contribution < 1.29 is 9.90 Å². The maximum absolute atomic E-state index is 11.1. The van der Waals surface area contributed by atoms with Crippen molar-refractivity contribution >= 4 is 6.09 Å².